The number of thioether (sulfide) groups is 1. The van der Waals surface area contributed by atoms with Gasteiger partial charge in [0, 0.05) is 17.5 Å². The number of hydrogen-bond acceptors (Lipinski definition) is 3. The zero-order valence-electron chi connectivity index (χ0n) is 15.7. The first kappa shape index (κ1) is 22.7. The molecule has 1 fully saturated rings. The van der Waals surface area contributed by atoms with Gasteiger partial charge in [-0.15, -0.1) is 24.2 Å². The SMILES string of the molecule is CC1(CNC(=O)C(Sc2ccc(F)cc2F)c2ccccc2)CCNCC1.Cl. The highest BCUT2D eigenvalue weighted by atomic mass is 35.5. The van der Waals surface area contributed by atoms with Gasteiger partial charge < -0.3 is 10.6 Å². The highest BCUT2D eigenvalue weighted by molar-refractivity contribution is 8.00. The summed E-state index contributed by atoms with van der Waals surface area (Å²) in [6.07, 6.45) is 2.01. The summed E-state index contributed by atoms with van der Waals surface area (Å²) in [5.74, 6) is -1.44. The van der Waals surface area contributed by atoms with Gasteiger partial charge in [-0.2, -0.15) is 0 Å². The van der Waals surface area contributed by atoms with E-state index in [-0.39, 0.29) is 28.6 Å². The maximum Gasteiger partial charge on any atom is 0.238 e. The van der Waals surface area contributed by atoms with Gasteiger partial charge in [0.25, 0.3) is 0 Å². The molecular formula is C21H25ClF2N2OS. The predicted molar refractivity (Wildman–Crippen MR) is 112 cm³/mol. The van der Waals surface area contributed by atoms with Crippen LogP contribution in [0, 0.1) is 17.0 Å². The Morgan fingerprint density at radius 3 is 2.50 bits per heavy atom. The fourth-order valence-electron chi connectivity index (χ4n) is 3.20. The number of rotatable bonds is 6. The Hall–Kier alpha value is -1.63. The van der Waals surface area contributed by atoms with Crippen LogP contribution in [-0.4, -0.2) is 25.5 Å². The summed E-state index contributed by atoms with van der Waals surface area (Å²) >= 11 is 1.10. The molecule has 1 amide bonds. The topological polar surface area (TPSA) is 41.1 Å². The van der Waals surface area contributed by atoms with Crippen molar-refractivity contribution in [2.24, 2.45) is 5.41 Å². The van der Waals surface area contributed by atoms with E-state index < -0.39 is 16.9 Å². The molecule has 152 valence electrons. The second-order valence-electron chi connectivity index (χ2n) is 7.26. The number of hydrogen-bond donors (Lipinski definition) is 2. The minimum Gasteiger partial charge on any atom is -0.354 e. The Balaban J connectivity index is 0.00000280. The van der Waals surface area contributed by atoms with E-state index in [1.807, 2.05) is 30.3 Å². The molecule has 0 spiro atoms. The van der Waals surface area contributed by atoms with Gasteiger partial charge in [0.2, 0.25) is 5.91 Å². The molecule has 0 radical (unpaired) electrons. The van der Waals surface area contributed by atoms with E-state index in [9.17, 15) is 13.6 Å². The van der Waals surface area contributed by atoms with Crippen LogP contribution in [0.2, 0.25) is 0 Å². The van der Waals surface area contributed by atoms with Gasteiger partial charge >= 0.3 is 0 Å². The lowest BCUT2D eigenvalue weighted by Gasteiger charge is -2.34. The smallest absolute Gasteiger partial charge is 0.238 e. The average molecular weight is 427 g/mol. The van der Waals surface area contributed by atoms with E-state index in [2.05, 4.69) is 17.6 Å². The van der Waals surface area contributed by atoms with Crippen LogP contribution in [0.4, 0.5) is 8.78 Å². The molecule has 3 nitrogen and oxygen atoms in total. The van der Waals surface area contributed by atoms with Crippen molar-refractivity contribution in [1.82, 2.24) is 10.6 Å². The molecule has 0 aliphatic carbocycles. The Labute approximate surface area is 175 Å². The third-order valence-electron chi connectivity index (χ3n) is 4.98. The Morgan fingerprint density at radius 2 is 1.86 bits per heavy atom. The van der Waals surface area contributed by atoms with E-state index in [1.54, 1.807) is 0 Å². The first-order valence-electron chi connectivity index (χ1n) is 9.12. The summed E-state index contributed by atoms with van der Waals surface area (Å²) < 4.78 is 27.3. The molecule has 1 saturated heterocycles. The van der Waals surface area contributed by atoms with Crippen LogP contribution in [0.15, 0.2) is 53.4 Å². The summed E-state index contributed by atoms with van der Waals surface area (Å²) in [5, 5.41) is 5.79. The normalized spacial score (nSPS) is 16.7. The maximum atomic E-state index is 14.1. The molecule has 2 aromatic carbocycles. The van der Waals surface area contributed by atoms with E-state index in [4.69, 9.17) is 0 Å². The van der Waals surface area contributed by atoms with Crippen LogP contribution >= 0.6 is 24.2 Å². The first-order valence-corrected chi connectivity index (χ1v) is 10.00. The molecule has 1 aliphatic rings. The summed E-state index contributed by atoms with van der Waals surface area (Å²) in [6, 6.07) is 12.7. The summed E-state index contributed by atoms with van der Waals surface area (Å²) in [5.41, 5.74) is 0.854. The van der Waals surface area contributed by atoms with Crippen molar-refractivity contribution in [3.63, 3.8) is 0 Å². The Bertz CT molecular complexity index is 785. The van der Waals surface area contributed by atoms with Crippen LogP contribution < -0.4 is 10.6 Å². The number of halogens is 3. The molecule has 0 bridgehead atoms. The quantitative estimate of drug-likeness (QED) is 0.656. The molecule has 1 atom stereocenters. The summed E-state index contributed by atoms with van der Waals surface area (Å²) in [6.45, 7) is 4.66. The molecular weight excluding hydrogens is 402 g/mol. The molecule has 2 aromatic rings. The standard InChI is InChI=1S/C21H24F2N2OS.ClH/c1-21(9-11-24-12-10-21)14-25-20(26)19(15-5-3-2-4-6-15)27-18-8-7-16(22)13-17(18)23;/h2-8,13,19,24H,9-12,14H2,1H3,(H,25,26);1H. The van der Waals surface area contributed by atoms with Gasteiger partial charge in [0.15, 0.2) is 0 Å². The molecule has 0 aromatic heterocycles. The molecule has 1 aliphatic heterocycles. The van der Waals surface area contributed by atoms with Crippen LogP contribution in [0.3, 0.4) is 0 Å². The average Bonchev–Trinajstić information content (AvgIpc) is 2.67. The van der Waals surface area contributed by atoms with E-state index in [0.29, 0.717) is 6.54 Å². The molecule has 7 heteroatoms. The molecule has 2 N–H and O–H groups in total. The summed E-state index contributed by atoms with van der Waals surface area (Å²) in [7, 11) is 0. The van der Waals surface area contributed by atoms with Crippen molar-refractivity contribution in [3.05, 3.63) is 65.7 Å². The minimum absolute atomic E-state index is 0. The Morgan fingerprint density at radius 1 is 1.18 bits per heavy atom. The first-order chi connectivity index (χ1) is 13.0. The van der Waals surface area contributed by atoms with E-state index in [0.717, 1.165) is 49.3 Å². The molecule has 3 rings (SSSR count). The van der Waals surface area contributed by atoms with Crippen molar-refractivity contribution >= 4 is 30.1 Å². The highest BCUT2D eigenvalue weighted by Crippen LogP contribution is 2.37. The third-order valence-corrected chi connectivity index (χ3v) is 6.29. The minimum atomic E-state index is -0.654. The van der Waals surface area contributed by atoms with Crippen molar-refractivity contribution in [1.29, 1.82) is 0 Å². The largest absolute Gasteiger partial charge is 0.354 e. The monoisotopic (exact) mass is 426 g/mol. The van der Waals surface area contributed by atoms with Crippen molar-refractivity contribution in [2.45, 2.75) is 29.9 Å². The van der Waals surface area contributed by atoms with Gasteiger partial charge in [-0.05, 0) is 49.0 Å². The van der Waals surface area contributed by atoms with Crippen LogP contribution in [-0.2, 0) is 4.79 Å². The van der Waals surface area contributed by atoms with Crippen molar-refractivity contribution in [2.75, 3.05) is 19.6 Å². The fraction of sp³-hybridized carbons (Fsp3) is 0.381. The van der Waals surface area contributed by atoms with E-state index >= 15 is 0 Å². The lowest BCUT2D eigenvalue weighted by molar-refractivity contribution is -0.121. The fourth-order valence-corrected chi connectivity index (χ4v) is 4.25. The zero-order chi connectivity index (χ0) is 19.3. The predicted octanol–water partition coefficient (Wildman–Crippen LogP) is 4.73. The van der Waals surface area contributed by atoms with Crippen LogP contribution in [0.1, 0.15) is 30.6 Å². The lowest BCUT2D eigenvalue weighted by Crippen LogP contribution is -2.43. The van der Waals surface area contributed by atoms with Gasteiger partial charge in [0.05, 0.1) is 0 Å². The van der Waals surface area contributed by atoms with Gasteiger partial charge in [-0.3, -0.25) is 4.79 Å². The number of amides is 1. The maximum absolute atomic E-state index is 14.1. The lowest BCUT2D eigenvalue weighted by atomic mass is 9.81. The second-order valence-corrected chi connectivity index (χ2v) is 8.41. The molecule has 0 saturated carbocycles. The Kier molecular flexibility index (Phi) is 8.28. The highest BCUT2D eigenvalue weighted by Gasteiger charge is 2.29. The van der Waals surface area contributed by atoms with Gasteiger partial charge in [-0.25, -0.2) is 8.78 Å². The molecule has 28 heavy (non-hydrogen) atoms. The number of benzene rings is 2. The second kappa shape index (κ2) is 10.2. The van der Waals surface area contributed by atoms with E-state index in [1.165, 1.54) is 12.1 Å². The third kappa shape index (κ3) is 5.93. The van der Waals surface area contributed by atoms with Crippen LogP contribution in [0.5, 0.6) is 0 Å². The molecule has 1 heterocycles. The van der Waals surface area contributed by atoms with Crippen molar-refractivity contribution < 1.29 is 13.6 Å². The van der Waals surface area contributed by atoms with Gasteiger partial charge in [-0.1, -0.05) is 37.3 Å². The number of piperidine rings is 1. The van der Waals surface area contributed by atoms with Gasteiger partial charge in [0.1, 0.15) is 16.9 Å². The zero-order valence-corrected chi connectivity index (χ0v) is 17.3. The van der Waals surface area contributed by atoms with Crippen molar-refractivity contribution in [3.8, 4) is 0 Å². The van der Waals surface area contributed by atoms with Crippen LogP contribution in [0.25, 0.3) is 0 Å². The number of carbonyl (C=O) groups is 1. The summed E-state index contributed by atoms with van der Waals surface area (Å²) in [4.78, 5) is 13.2. The number of nitrogens with one attached hydrogen (secondary N) is 2. The number of carbonyl (C=O) groups excluding carboxylic acids is 1. The molecule has 1 unspecified atom stereocenters.